The van der Waals surface area contributed by atoms with Crippen molar-refractivity contribution in [3.63, 3.8) is 0 Å². The Balaban J connectivity index is 1.24. The number of aromatic nitrogens is 3. The molecule has 0 aliphatic heterocycles. The van der Waals surface area contributed by atoms with Gasteiger partial charge in [-0.2, -0.15) is 0 Å². The largest absolute Gasteiger partial charge is 0.256 e. The molecule has 3 nitrogen and oxygen atoms in total. The molecule has 0 saturated carbocycles. The van der Waals surface area contributed by atoms with Gasteiger partial charge in [-0.1, -0.05) is 121 Å². The Bertz CT molecular complexity index is 2770. The molecule has 0 aliphatic carbocycles. The highest BCUT2D eigenvalue weighted by Crippen LogP contribution is 2.39. The molecule has 0 atom stereocenters. The Morgan fingerprint density at radius 1 is 0.288 bits per heavy atom. The van der Waals surface area contributed by atoms with E-state index in [1.807, 2.05) is 24.5 Å². The van der Waals surface area contributed by atoms with Crippen LogP contribution in [0.2, 0.25) is 0 Å². The molecule has 52 heavy (non-hydrogen) atoms. The van der Waals surface area contributed by atoms with E-state index in [2.05, 4.69) is 174 Å². The van der Waals surface area contributed by atoms with Gasteiger partial charge in [0.05, 0.1) is 22.4 Å². The monoisotopic (exact) mass is 661 g/mol. The molecule has 242 valence electrons. The summed E-state index contributed by atoms with van der Waals surface area (Å²) in [7, 11) is 0. The minimum atomic E-state index is 0.939. The highest BCUT2D eigenvalue weighted by atomic mass is 14.7. The minimum Gasteiger partial charge on any atom is -0.256 e. The number of rotatable bonds is 5. The lowest BCUT2D eigenvalue weighted by molar-refractivity contribution is 1.33. The topological polar surface area (TPSA) is 38.7 Å². The zero-order chi connectivity index (χ0) is 34.4. The number of fused-ring (bicyclic) bond motifs is 4. The first kappa shape index (κ1) is 29.9. The van der Waals surface area contributed by atoms with Crippen molar-refractivity contribution in [1.82, 2.24) is 15.0 Å². The molecule has 0 spiro atoms. The van der Waals surface area contributed by atoms with Crippen molar-refractivity contribution >= 4 is 43.4 Å². The van der Waals surface area contributed by atoms with Crippen molar-refractivity contribution in [2.45, 2.75) is 0 Å². The van der Waals surface area contributed by atoms with Crippen LogP contribution < -0.4 is 0 Å². The summed E-state index contributed by atoms with van der Waals surface area (Å²) in [6, 6.07) is 62.8. The van der Waals surface area contributed by atoms with Gasteiger partial charge < -0.3 is 0 Å². The van der Waals surface area contributed by atoms with E-state index in [0.717, 1.165) is 77.7 Å². The van der Waals surface area contributed by atoms with Crippen molar-refractivity contribution < 1.29 is 0 Å². The first-order valence-electron chi connectivity index (χ1n) is 17.6. The van der Waals surface area contributed by atoms with Crippen LogP contribution in [0.1, 0.15) is 0 Å². The molecule has 0 fully saturated rings. The van der Waals surface area contributed by atoms with Crippen molar-refractivity contribution in [3.05, 3.63) is 188 Å². The predicted molar refractivity (Wildman–Crippen MR) is 217 cm³/mol. The molecule has 0 radical (unpaired) electrons. The highest BCUT2D eigenvalue weighted by Gasteiger charge is 2.15. The predicted octanol–water partition coefficient (Wildman–Crippen LogP) is 12.8. The van der Waals surface area contributed by atoms with E-state index in [0.29, 0.717) is 0 Å². The van der Waals surface area contributed by atoms with Gasteiger partial charge in [0.25, 0.3) is 0 Å². The normalized spacial score (nSPS) is 11.5. The Kier molecular flexibility index (Phi) is 7.14. The molecule has 0 N–H and O–H groups in total. The second-order valence-corrected chi connectivity index (χ2v) is 13.3. The van der Waals surface area contributed by atoms with Crippen LogP contribution in [-0.4, -0.2) is 15.0 Å². The minimum absolute atomic E-state index is 0.939. The van der Waals surface area contributed by atoms with Crippen LogP contribution in [0.3, 0.4) is 0 Å². The number of hydrogen-bond donors (Lipinski definition) is 0. The van der Waals surface area contributed by atoms with Gasteiger partial charge in [-0.3, -0.25) is 9.97 Å². The maximum atomic E-state index is 5.41. The van der Waals surface area contributed by atoms with Crippen LogP contribution in [0.4, 0.5) is 0 Å². The van der Waals surface area contributed by atoms with Crippen LogP contribution in [0.25, 0.3) is 99.2 Å². The van der Waals surface area contributed by atoms with E-state index in [1.54, 1.807) is 0 Å². The summed E-state index contributed by atoms with van der Waals surface area (Å²) in [5, 5.41) is 6.99. The second kappa shape index (κ2) is 12.4. The third-order valence-corrected chi connectivity index (χ3v) is 10.1. The second-order valence-electron chi connectivity index (χ2n) is 13.3. The Morgan fingerprint density at radius 2 is 0.712 bits per heavy atom. The van der Waals surface area contributed by atoms with Crippen LogP contribution in [0.15, 0.2) is 188 Å². The van der Waals surface area contributed by atoms with Gasteiger partial charge in [-0.05, 0) is 110 Å². The smallest absolute Gasteiger partial charge is 0.0721 e. The summed E-state index contributed by atoms with van der Waals surface area (Å²) >= 11 is 0. The van der Waals surface area contributed by atoms with Gasteiger partial charge in [0, 0.05) is 34.3 Å². The van der Waals surface area contributed by atoms with E-state index in [-0.39, 0.29) is 0 Å². The summed E-state index contributed by atoms with van der Waals surface area (Å²) < 4.78 is 0. The van der Waals surface area contributed by atoms with Crippen molar-refractivity contribution in [3.8, 4) is 55.9 Å². The number of benzene rings is 7. The summed E-state index contributed by atoms with van der Waals surface area (Å²) in [5.41, 5.74) is 12.7. The lowest BCUT2D eigenvalue weighted by Crippen LogP contribution is -1.94. The van der Waals surface area contributed by atoms with Crippen LogP contribution >= 0.6 is 0 Å². The van der Waals surface area contributed by atoms with Gasteiger partial charge in [-0.15, -0.1) is 0 Å². The SMILES string of the molecule is c1cnc2cc(-c3cc(-c4cc(-c5cccc6ccccc56)nc(-c5cccc6ccccc56)c4)cc(-c4ccc5cccnc5c4)c3)ccc2c1. The fraction of sp³-hybridized carbons (Fsp3) is 0. The van der Waals surface area contributed by atoms with E-state index in [4.69, 9.17) is 4.98 Å². The summed E-state index contributed by atoms with van der Waals surface area (Å²) in [4.78, 5) is 14.8. The van der Waals surface area contributed by atoms with Crippen molar-refractivity contribution in [2.24, 2.45) is 0 Å². The maximum absolute atomic E-state index is 5.41. The third-order valence-electron chi connectivity index (χ3n) is 10.1. The van der Waals surface area contributed by atoms with E-state index < -0.39 is 0 Å². The van der Waals surface area contributed by atoms with Crippen LogP contribution in [0.5, 0.6) is 0 Å². The summed E-state index contributed by atoms with van der Waals surface area (Å²) in [6.07, 6.45) is 3.72. The van der Waals surface area contributed by atoms with Gasteiger partial charge in [0.15, 0.2) is 0 Å². The molecule has 10 rings (SSSR count). The zero-order valence-electron chi connectivity index (χ0n) is 28.2. The van der Waals surface area contributed by atoms with Gasteiger partial charge in [0.2, 0.25) is 0 Å². The van der Waals surface area contributed by atoms with Crippen LogP contribution in [-0.2, 0) is 0 Å². The fourth-order valence-electron chi connectivity index (χ4n) is 7.49. The molecule has 7 aromatic carbocycles. The van der Waals surface area contributed by atoms with Crippen molar-refractivity contribution in [1.29, 1.82) is 0 Å². The zero-order valence-corrected chi connectivity index (χ0v) is 28.2. The lowest BCUT2D eigenvalue weighted by Gasteiger charge is -2.16. The third kappa shape index (κ3) is 5.37. The Hall–Kier alpha value is -6.97. The number of pyridine rings is 3. The van der Waals surface area contributed by atoms with E-state index >= 15 is 0 Å². The number of hydrogen-bond acceptors (Lipinski definition) is 3. The standard InChI is InChI=1S/C49H31N3/c1-3-15-42-32(9-1)11-5-17-44(42)48-30-41(31-49(52-48)45-18-6-12-33-10-2-4-16-43(33)45)40-26-38(36-21-19-34-13-7-23-50-46(34)28-36)25-39(27-40)37-22-20-35-14-8-24-51-47(35)29-37/h1-31H. The quantitative estimate of drug-likeness (QED) is 0.184. The molecule has 3 heterocycles. The summed E-state index contributed by atoms with van der Waals surface area (Å²) in [6.45, 7) is 0. The molecule has 0 bridgehead atoms. The molecule has 0 amide bonds. The molecular weight excluding hydrogens is 631 g/mol. The Morgan fingerprint density at radius 3 is 1.23 bits per heavy atom. The number of nitrogens with zero attached hydrogens (tertiary/aromatic N) is 3. The van der Waals surface area contributed by atoms with Gasteiger partial charge >= 0.3 is 0 Å². The van der Waals surface area contributed by atoms with E-state index in [1.165, 1.54) is 21.5 Å². The lowest BCUT2D eigenvalue weighted by atomic mass is 9.91. The average Bonchev–Trinajstić information content (AvgIpc) is 3.22. The molecule has 0 unspecified atom stereocenters. The molecule has 10 aromatic rings. The maximum Gasteiger partial charge on any atom is 0.0721 e. The average molecular weight is 662 g/mol. The van der Waals surface area contributed by atoms with Gasteiger partial charge in [-0.25, -0.2) is 4.98 Å². The fourth-order valence-corrected chi connectivity index (χ4v) is 7.49. The van der Waals surface area contributed by atoms with Gasteiger partial charge in [0.1, 0.15) is 0 Å². The van der Waals surface area contributed by atoms with E-state index in [9.17, 15) is 0 Å². The highest BCUT2D eigenvalue weighted by molar-refractivity contribution is 6.00. The van der Waals surface area contributed by atoms with Crippen molar-refractivity contribution in [2.75, 3.05) is 0 Å². The van der Waals surface area contributed by atoms with Crippen LogP contribution in [0, 0.1) is 0 Å². The first-order chi connectivity index (χ1) is 25.7. The molecule has 0 aliphatic rings. The molecule has 0 saturated heterocycles. The molecular formula is C49H31N3. The molecule has 3 heteroatoms. The first-order valence-corrected chi connectivity index (χ1v) is 17.6. The Labute approximate surface area is 301 Å². The summed E-state index contributed by atoms with van der Waals surface area (Å²) in [5.74, 6) is 0. The molecule has 3 aromatic heterocycles.